The van der Waals surface area contributed by atoms with Gasteiger partial charge in [-0.3, -0.25) is 9.59 Å². The lowest BCUT2D eigenvalue weighted by atomic mass is 10.2. The number of carbonyl (C=O) groups is 3. The predicted molar refractivity (Wildman–Crippen MR) is 71.0 cm³/mol. The van der Waals surface area contributed by atoms with Crippen LogP contribution >= 0.6 is 0 Å². The van der Waals surface area contributed by atoms with Crippen molar-refractivity contribution in [2.75, 3.05) is 0 Å². The molecule has 104 valence electrons. The average molecular weight is 275 g/mol. The van der Waals surface area contributed by atoms with Crippen molar-refractivity contribution in [2.45, 2.75) is 12.5 Å². The van der Waals surface area contributed by atoms with Gasteiger partial charge in [0.15, 0.2) is 0 Å². The maximum absolute atomic E-state index is 12.0. The van der Waals surface area contributed by atoms with Crippen LogP contribution in [0, 0.1) is 0 Å². The van der Waals surface area contributed by atoms with E-state index in [0.717, 1.165) is 10.9 Å². The van der Waals surface area contributed by atoms with Crippen LogP contribution in [0.3, 0.4) is 0 Å². The van der Waals surface area contributed by atoms with Crippen LogP contribution in [0.15, 0.2) is 30.3 Å². The Morgan fingerprint density at radius 2 is 2.00 bits per heavy atom. The number of para-hydroxylation sites is 1. The second-order valence-electron chi connectivity index (χ2n) is 4.30. The van der Waals surface area contributed by atoms with E-state index in [4.69, 9.17) is 10.8 Å². The van der Waals surface area contributed by atoms with Crippen LogP contribution in [0.2, 0.25) is 0 Å². The van der Waals surface area contributed by atoms with Crippen LogP contribution in [-0.4, -0.2) is 33.9 Å². The maximum atomic E-state index is 12.0. The fourth-order valence-corrected chi connectivity index (χ4v) is 1.83. The van der Waals surface area contributed by atoms with Gasteiger partial charge in [0.25, 0.3) is 5.91 Å². The molecule has 0 saturated carbocycles. The molecule has 0 saturated heterocycles. The summed E-state index contributed by atoms with van der Waals surface area (Å²) in [6.07, 6.45) is -0.457. The lowest BCUT2D eigenvalue weighted by molar-refractivity contribution is -0.140. The van der Waals surface area contributed by atoms with Gasteiger partial charge in [0.2, 0.25) is 5.91 Å². The van der Waals surface area contributed by atoms with Gasteiger partial charge < -0.3 is 21.1 Å². The van der Waals surface area contributed by atoms with E-state index < -0.39 is 30.2 Å². The number of carbonyl (C=O) groups excluding carboxylic acids is 2. The van der Waals surface area contributed by atoms with Gasteiger partial charge in [0.05, 0.1) is 6.42 Å². The van der Waals surface area contributed by atoms with Crippen molar-refractivity contribution >= 4 is 28.7 Å². The molecule has 0 aliphatic heterocycles. The summed E-state index contributed by atoms with van der Waals surface area (Å²) in [5.74, 6) is -2.71. The summed E-state index contributed by atoms with van der Waals surface area (Å²) in [6, 6.07) is 7.52. The minimum atomic E-state index is -1.34. The molecule has 0 fully saturated rings. The van der Waals surface area contributed by atoms with Crippen LogP contribution in [0.1, 0.15) is 16.9 Å². The standard InChI is InChI=1S/C13H13N3O4/c14-11(17)6-10(13(19)20)16-12(18)9-5-7-3-1-2-4-8(7)15-9/h1-5,10,15H,6H2,(H2,14,17)(H,16,18)(H,19,20)/t10-/m1/s1. The fraction of sp³-hybridized carbons (Fsp3) is 0.154. The number of aromatic amines is 1. The topological polar surface area (TPSA) is 125 Å². The van der Waals surface area contributed by atoms with Crippen molar-refractivity contribution < 1.29 is 19.5 Å². The van der Waals surface area contributed by atoms with Crippen molar-refractivity contribution in [3.8, 4) is 0 Å². The molecule has 2 amide bonds. The molecule has 0 bridgehead atoms. The van der Waals surface area contributed by atoms with Crippen LogP contribution < -0.4 is 11.1 Å². The van der Waals surface area contributed by atoms with E-state index in [0.29, 0.717) is 0 Å². The Labute approximate surface area is 113 Å². The number of carboxylic acids is 1. The van der Waals surface area contributed by atoms with E-state index in [1.54, 1.807) is 12.1 Å². The summed E-state index contributed by atoms with van der Waals surface area (Å²) in [5, 5.41) is 12.0. The molecular weight excluding hydrogens is 262 g/mol. The molecule has 2 rings (SSSR count). The Morgan fingerprint density at radius 3 is 2.60 bits per heavy atom. The van der Waals surface area contributed by atoms with E-state index in [1.165, 1.54) is 0 Å². The van der Waals surface area contributed by atoms with Crippen LogP contribution in [0.5, 0.6) is 0 Å². The number of aliphatic carboxylic acids is 1. The molecule has 0 unspecified atom stereocenters. The SMILES string of the molecule is NC(=O)C[C@@H](NC(=O)c1cc2ccccc2[nH]1)C(=O)O. The van der Waals surface area contributed by atoms with E-state index in [1.807, 2.05) is 18.2 Å². The average Bonchev–Trinajstić information content (AvgIpc) is 2.81. The van der Waals surface area contributed by atoms with Gasteiger partial charge in [-0.25, -0.2) is 4.79 Å². The van der Waals surface area contributed by atoms with Crippen molar-refractivity contribution in [2.24, 2.45) is 5.73 Å². The first-order valence-electron chi connectivity index (χ1n) is 5.87. The first-order valence-corrected chi connectivity index (χ1v) is 5.87. The third kappa shape index (κ3) is 2.94. The third-order valence-electron chi connectivity index (χ3n) is 2.78. The molecule has 7 nitrogen and oxygen atoms in total. The number of rotatable bonds is 5. The number of primary amides is 1. The maximum Gasteiger partial charge on any atom is 0.326 e. The highest BCUT2D eigenvalue weighted by atomic mass is 16.4. The lowest BCUT2D eigenvalue weighted by Gasteiger charge is -2.11. The zero-order chi connectivity index (χ0) is 14.7. The quantitative estimate of drug-likeness (QED) is 0.623. The summed E-state index contributed by atoms with van der Waals surface area (Å²) in [5.41, 5.74) is 5.93. The van der Waals surface area contributed by atoms with E-state index in [-0.39, 0.29) is 5.69 Å². The van der Waals surface area contributed by atoms with Gasteiger partial charge in [0, 0.05) is 10.9 Å². The van der Waals surface area contributed by atoms with Crippen LogP contribution in [-0.2, 0) is 9.59 Å². The number of aromatic nitrogens is 1. The monoisotopic (exact) mass is 275 g/mol. The second kappa shape index (κ2) is 5.43. The Hall–Kier alpha value is -2.83. The Morgan fingerprint density at radius 1 is 1.30 bits per heavy atom. The molecule has 1 atom stereocenters. The normalized spacial score (nSPS) is 12.0. The van der Waals surface area contributed by atoms with Crippen molar-refractivity contribution in [1.29, 1.82) is 0 Å². The minimum absolute atomic E-state index is 0.224. The first-order chi connectivity index (χ1) is 9.47. The van der Waals surface area contributed by atoms with Gasteiger partial charge in [-0.2, -0.15) is 0 Å². The number of nitrogens with two attached hydrogens (primary N) is 1. The number of nitrogens with one attached hydrogen (secondary N) is 2. The molecule has 1 aromatic carbocycles. The van der Waals surface area contributed by atoms with Gasteiger partial charge in [-0.1, -0.05) is 18.2 Å². The Bertz CT molecular complexity index is 644. The number of carboxylic acid groups (broad SMARTS) is 1. The molecular formula is C13H13N3O4. The zero-order valence-electron chi connectivity index (χ0n) is 10.4. The highest BCUT2D eigenvalue weighted by Crippen LogP contribution is 2.14. The molecule has 0 aliphatic carbocycles. The van der Waals surface area contributed by atoms with Crippen LogP contribution in [0.4, 0.5) is 0 Å². The summed E-state index contributed by atoms with van der Waals surface area (Å²) < 4.78 is 0. The summed E-state index contributed by atoms with van der Waals surface area (Å²) in [4.78, 5) is 36.5. The molecule has 0 aliphatic rings. The van der Waals surface area contributed by atoms with Crippen molar-refractivity contribution in [1.82, 2.24) is 10.3 Å². The van der Waals surface area contributed by atoms with E-state index >= 15 is 0 Å². The molecule has 0 spiro atoms. The molecule has 20 heavy (non-hydrogen) atoms. The number of H-pyrrole nitrogens is 1. The molecule has 2 aromatic rings. The summed E-state index contributed by atoms with van der Waals surface area (Å²) in [6.45, 7) is 0. The number of benzene rings is 1. The lowest BCUT2D eigenvalue weighted by Crippen LogP contribution is -2.43. The smallest absolute Gasteiger partial charge is 0.326 e. The fourth-order valence-electron chi connectivity index (χ4n) is 1.83. The van der Waals surface area contributed by atoms with Gasteiger partial charge in [0.1, 0.15) is 11.7 Å². The third-order valence-corrected chi connectivity index (χ3v) is 2.78. The van der Waals surface area contributed by atoms with E-state index in [9.17, 15) is 14.4 Å². The predicted octanol–water partition coefficient (Wildman–Crippen LogP) is 0.226. The van der Waals surface area contributed by atoms with Gasteiger partial charge in [-0.15, -0.1) is 0 Å². The summed E-state index contributed by atoms with van der Waals surface area (Å²) in [7, 11) is 0. The summed E-state index contributed by atoms with van der Waals surface area (Å²) >= 11 is 0. The highest BCUT2D eigenvalue weighted by molar-refractivity contribution is 6.00. The van der Waals surface area contributed by atoms with Gasteiger partial charge in [-0.05, 0) is 12.1 Å². The van der Waals surface area contributed by atoms with Crippen molar-refractivity contribution in [3.63, 3.8) is 0 Å². The number of hydrogen-bond acceptors (Lipinski definition) is 3. The highest BCUT2D eigenvalue weighted by Gasteiger charge is 2.23. The minimum Gasteiger partial charge on any atom is -0.480 e. The largest absolute Gasteiger partial charge is 0.480 e. The number of hydrogen-bond donors (Lipinski definition) is 4. The molecule has 1 aromatic heterocycles. The molecule has 1 heterocycles. The number of fused-ring (bicyclic) bond motifs is 1. The molecule has 5 N–H and O–H groups in total. The van der Waals surface area contributed by atoms with Crippen molar-refractivity contribution in [3.05, 3.63) is 36.0 Å². The molecule has 0 radical (unpaired) electrons. The Kier molecular flexibility index (Phi) is 3.69. The zero-order valence-corrected chi connectivity index (χ0v) is 10.4. The number of amides is 2. The van der Waals surface area contributed by atoms with Crippen LogP contribution in [0.25, 0.3) is 10.9 Å². The first kappa shape index (κ1) is 13.6. The second-order valence-corrected chi connectivity index (χ2v) is 4.30. The molecule has 7 heteroatoms. The Balaban J connectivity index is 2.17. The van der Waals surface area contributed by atoms with Gasteiger partial charge >= 0.3 is 5.97 Å². The van der Waals surface area contributed by atoms with E-state index in [2.05, 4.69) is 10.3 Å².